The predicted molar refractivity (Wildman–Crippen MR) is 120 cm³/mol. The first-order valence-corrected chi connectivity index (χ1v) is 12.6. The minimum Gasteiger partial charge on any atom is -0.475 e. The molecule has 18 heteroatoms. The second-order valence-corrected chi connectivity index (χ2v) is 10.9. The van der Waals surface area contributed by atoms with E-state index < -0.39 is 33.9 Å². The molecule has 0 spiro atoms. The highest BCUT2D eigenvalue weighted by atomic mass is 32.2. The fourth-order valence-electron chi connectivity index (χ4n) is 2.85. The number of hydrogen-bond donors (Lipinski definition) is 2. The summed E-state index contributed by atoms with van der Waals surface area (Å²) in [5.41, 5.74) is 5.06. The van der Waals surface area contributed by atoms with Gasteiger partial charge in [-0.1, -0.05) is 0 Å². The van der Waals surface area contributed by atoms with Gasteiger partial charge in [-0.2, -0.15) is 36.2 Å². The SMILES string of the molecule is NCC(Cn1ncn(Cc2ccc(-c3cnn(S(=O)(=O)C4CC4)c3)s2)c1=O)=C(F)F.O=C(O)C(F)(F)F. The van der Waals surface area contributed by atoms with Gasteiger partial charge in [0.2, 0.25) is 0 Å². The largest absolute Gasteiger partial charge is 0.490 e. The number of nitrogens with zero attached hydrogens (tertiary/aromatic N) is 5. The molecule has 0 atom stereocenters. The molecule has 11 nitrogen and oxygen atoms in total. The van der Waals surface area contributed by atoms with Crippen LogP contribution in [0.2, 0.25) is 0 Å². The van der Waals surface area contributed by atoms with E-state index in [1.165, 1.54) is 34.6 Å². The van der Waals surface area contributed by atoms with E-state index in [4.69, 9.17) is 15.6 Å². The molecule has 1 fully saturated rings. The summed E-state index contributed by atoms with van der Waals surface area (Å²) in [6, 6.07) is 3.62. The number of hydrogen-bond acceptors (Lipinski definition) is 8. The van der Waals surface area contributed by atoms with Crippen LogP contribution in [0, 0.1) is 0 Å². The molecular formula is C19H19F5N6O5S2. The van der Waals surface area contributed by atoms with Crippen LogP contribution in [-0.4, -0.2) is 61.0 Å². The minimum absolute atomic E-state index is 0.206. The van der Waals surface area contributed by atoms with E-state index in [1.54, 1.807) is 0 Å². The maximum atomic E-state index is 12.8. The summed E-state index contributed by atoms with van der Waals surface area (Å²) in [6.07, 6.45) is -1.42. The van der Waals surface area contributed by atoms with Gasteiger partial charge in [0.15, 0.2) is 0 Å². The topological polar surface area (TPSA) is 155 Å². The van der Waals surface area contributed by atoms with Crippen molar-refractivity contribution in [2.45, 2.75) is 37.4 Å². The Bertz CT molecular complexity index is 1460. The Morgan fingerprint density at radius 1 is 1.22 bits per heavy atom. The van der Waals surface area contributed by atoms with Crippen LogP contribution >= 0.6 is 11.3 Å². The van der Waals surface area contributed by atoms with E-state index in [9.17, 15) is 35.2 Å². The van der Waals surface area contributed by atoms with Crippen molar-refractivity contribution in [3.63, 3.8) is 0 Å². The zero-order valence-corrected chi connectivity index (χ0v) is 20.2. The molecule has 0 unspecified atom stereocenters. The molecule has 0 bridgehead atoms. The molecule has 0 amide bonds. The van der Waals surface area contributed by atoms with Crippen LogP contribution in [0.1, 0.15) is 17.7 Å². The summed E-state index contributed by atoms with van der Waals surface area (Å²) in [4.78, 5) is 22.9. The fourth-order valence-corrected chi connectivity index (χ4v) is 5.30. The van der Waals surface area contributed by atoms with Crippen molar-refractivity contribution >= 4 is 27.3 Å². The van der Waals surface area contributed by atoms with E-state index in [1.807, 2.05) is 12.1 Å². The first-order valence-electron chi connectivity index (χ1n) is 10.3. The molecule has 202 valence electrons. The standard InChI is InChI=1S/C17H18F2N6O3S2.C2HF3O2/c18-16(19)11(5-20)7-24-17(26)23(10-22-24)9-13-1-4-15(29-13)12-6-21-25(8-12)30(27,28)14-2-3-14;3-2(4,5)1(6)7/h1,4,6,8,10,14H,2-3,5,7,9,20H2;(H,6,7). The summed E-state index contributed by atoms with van der Waals surface area (Å²) in [6.45, 7) is -0.521. The van der Waals surface area contributed by atoms with Crippen molar-refractivity contribution in [2.24, 2.45) is 5.73 Å². The molecule has 1 saturated carbocycles. The zero-order chi connectivity index (χ0) is 27.5. The third-order valence-corrected chi connectivity index (χ3v) is 8.09. The Morgan fingerprint density at radius 3 is 2.41 bits per heavy atom. The number of nitrogens with two attached hydrogens (primary N) is 1. The van der Waals surface area contributed by atoms with Crippen molar-refractivity contribution in [1.29, 1.82) is 0 Å². The number of carboxylic acids is 1. The molecule has 0 radical (unpaired) electrons. The smallest absolute Gasteiger partial charge is 0.475 e. The number of aliphatic carboxylic acids is 1. The van der Waals surface area contributed by atoms with Gasteiger partial charge in [-0.3, -0.25) is 4.57 Å². The molecule has 4 rings (SSSR count). The van der Waals surface area contributed by atoms with Crippen molar-refractivity contribution < 1.29 is 40.3 Å². The number of carboxylic acid groups (broad SMARTS) is 1. The Kier molecular flexibility index (Phi) is 8.33. The van der Waals surface area contributed by atoms with Gasteiger partial charge in [0.25, 0.3) is 16.1 Å². The number of alkyl halides is 3. The Hall–Kier alpha value is -3.38. The molecule has 0 aromatic carbocycles. The Labute approximate surface area is 209 Å². The third kappa shape index (κ3) is 6.89. The molecule has 37 heavy (non-hydrogen) atoms. The summed E-state index contributed by atoms with van der Waals surface area (Å²) < 4.78 is 85.0. The van der Waals surface area contributed by atoms with Crippen LogP contribution in [0.3, 0.4) is 0 Å². The predicted octanol–water partition coefficient (Wildman–Crippen LogP) is 2.10. The molecule has 3 aromatic rings. The van der Waals surface area contributed by atoms with Crippen LogP contribution < -0.4 is 11.4 Å². The fraction of sp³-hybridized carbons (Fsp3) is 0.368. The van der Waals surface area contributed by atoms with Crippen LogP contribution in [0.5, 0.6) is 0 Å². The average Bonchev–Trinajstić information content (AvgIpc) is 3.23. The van der Waals surface area contributed by atoms with Gasteiger partial charge < -0.3 is 10.8 Å². The van der Waals surface area contributed by atoms with Gasteiger partial charge in [0.05, 0.1) is 30.7 Å². The van der Waals surface area contributed by atoms with E-state index in [0.717, 1.165) is 18.5 Å². The molecule has 3 N–H and O–H groups in total. The quantitative estimate of drug-likeness (QED) is 0.390. The second-order valence-electron chi connectivity index (χ2n) is 7.68. The molecule has 3 heterocycles. The lowest BCUT2D eigenvalue weighted by Gasteiger charge is -2.02. The molecule has 0 saturated heterocycles. The van der Waals surface area contributed by atoms with Crippen molar-refractivity contribution in [3.8, 4) is 10.4 Å². The van der Waals surface area contributed by atoms with Crippen molar-refractivity contribution in [1.82, 2.24) is 23.5 Å². The van der Waals surface area contributed by atoms with Gasteiger partial charge in [-0.05, 0) is 25.0 Å². The maximum Gasteiger partial charge on any atom is 0.490 e. The molecule has 0 aliphatic heterocycles. The van der Waals surface area contributed by atoms with Crippen molar-refractivity contribution in [2.75, 3.05) is 6.54 Å². The van der Waals surface area contributed by atoms with Crippen molar-refractivity contribution in [3.05, 3.63) is 57.9 Å². The lowest BCUT2D eigenvalue weighted by molar-refractivity contribution is -0.192. The summed E-state index contributed by atoms with van der Waals surface area (Å²) >= 11 is 1.38. The van der Waals surface area contributed by atoms with Gasteiger partial charge in [-0.15, -0.1) is 11.3 Å². The summed E-state index contributed by atoms with van der Waals surface area (Å²) in [7, 11) is -3.43. The first kappa shape index (κ1) is 28.2. The monoisotopic (exact) mass is 570 g/mol. The number of thiophene rings is 1. The van der Waals surface area contributed by atoms with Gasteiger partial charge in [-0.25, -0.2) is 22.7 Å². The van der Waals surface area contributed by atoms with E-state index >= 15 is 0 Å². The lowest BCUT2D eigenvalue weighted by Crippen LogP contribution is -2.27. The zero-order valence-electron chi connectivity index (χ0n) is 18.6. The second kappa shape index (κ2) is 10.9. The highest BCUT2D eigenvalue weighted by molar-refractivity contribution is 7.90. The van der Waals surface area contributed by atoms with Gasteiger partial charge in [0.1, 0.15) is 6.33 Å². The minimum atomic E-state index is -5.08. The molecule has 3 aromatic heterocycles. The molecular weight excluding hydrogens is 551 g/mol. The third-order valence-electron chi connectivity index (χ3n) is 4.93. The van der Waals surface area contributed by atoms with Gasteiger partial charge >= 0.3 is 17.8 Å². The summed E-state index contributed by atoms with van der Waals surface area (Å²) in [5.74, 6) is -2.76. The lowest BCUT2D eigenvalue weighted by atomic mass is 10.3. The Balaban J connectivity index is 0.000000479. The van der Waals surface area contributed by atoms with Crippen LogP contribution in [0.25, 0.3) is 10.4 Å². The maximum absolute atomic E-state index is 12.8. The van der Waals surface area contributed by atoms with E-state index in [2.05, 4.69) is 10.2 Å². The van der Waals surface area contributed by atoms with E-state index in [0.29, 0.717) is 18.4 Å². The molecule has 1 aliphatic rings. The number of rotatable bonds is 8. The summed E-state index contributed by atoms with van der Waals surface area (Å²) in [5, 5.41) is 14.6. The average molecular weight is 571 g/mol. The van der Waals surface area contributed by atoms with Crippen LogP contribution in [0.4, 0.5) is 22.0 Å². The Morgan fingerprint density at radius 2 is 1.86 bits per heavy atom. The van der Waals surface area contributed by atoms with Crippen LogP contribution in [-0.2, 0) is 27.9 Å². The first-order chi connectivity index (χ1) is 17.2. The van der Waals surface area contributed by atoms with Crippen LogP contribution in [0.15, 0.2) is 47.3 Å². The van der Waals surface area contributed by atoms with E-state index in [-0.39, 0.29) is 30.5 Å². The normalized spacial score (nSPS) is 13.7. The number of aromatic nitrogens is 5. The highest BCUT2D eigenvalue weighted by Crippen LogP contribution is 2.32. The molecule has 1 aliphatic carbocycles. The number of halogens is 5. The highest BCUT2D eigenvalue weighted by Gasteiger charge is 2.38. The number of carbonyl (C=O) groups is 1. The van der Waals surface area contributed by atoms with Gasteiger partial charge in [0, 0.05) is 27.4 Å².